The topological polar surface area (TPSA) is 68.4 Å². The van der Waals surface area contributed by atoms with Crippen molar-refractivity contribution in [3.8, 4) is 6.07 Å². The van der Waals surface area contributed by atoms with E-state index in [4.69, 9.17) is 5.26 Å². The monoisotopic (exact) mass is 325 g/mol. The minimum Gasteiger partial charge on any atom is -0.368 e. The van der Waals surface area contributed by atoms with Crippen LogP contribution in [-0.4, -0.2) is 22.6 Å². The van der Waals surface area contributed by atoms with Crippen LogP contribution < -0.4 is 5.32 Å². The van der Waals surface area contributed by atoms with Crippen LogP contribution in [0, 0.1) is 11.3 Å². The molecule has 1 heterocycles. The van der Waals surface area contributed by atoms with Gasteiger partial charge in [-0.15, -0.1) is 17.0 Å². The van der Waals surface area contributed by atoms with Crippen molar-refractivity contribution in [3.05, 3.63) is 34.9 Å². The van der Waals surface area contributed by atoms with Crippen molar-refractivity contribution in [1.82, 2.24) is 5.32 Å². The number of aliphatic hydroxyl groups is 1. The SMILES string of the molecule is Br.CNC1=NC2(O)c3ccc(C#N)cc3CC2S1. The van der Waals surface area contributed by atoms with Crippen LogP contribution in [0.1, 0.15) is 16.7 Å². The summed E-state index contributed by atoms with van der Waals surface area (Å²) in [6, 6.07) is 7.52. The molecular weight excluding hydrogens is 314 g/mol. The Labute approximate surface area is 120 Å². The molecule has 1 aliphatic heterocycles. The van der Waals surface area contributed by atoms with E-state index in [2.05, 4.69) is 16.4 Å². The third-order valence-corrected chi connectivity index (χ3v) is 4.52. The number of thioether (sulfide) groups is 1. The molecule has 18 heavy (non-hydrogen) atoms. The molecule has 1 aliphatic carbocycles. The first-order valence-corrected chi connectivity index (χ1v) is 6.25. The minimum atomic E-state index is -1.12. The van der Waals surface area contributed by atoms with E-state index >= 15 is 0 Å². The van der Waals surface area contributed by atoms with Crippen molar-refractivity contribution < 1.29 is 5.11 Å². The first kappa shape index (κ1) is 13.4. The molecule has 2 unspecified atom stereocenters. The number of halogens is 1. The summed E-state index contributed by atoms with van der Waals surface area (Å²) in [4.78, 5) is 4.34. The summed E-state index contributed by atoms with van der Waals surface area (Å²) >= 11 is 1.56. The fourth-order valence-electron chi connectivity index (χ4n) is 2.39. The van der Waals surface area contributed by atoms with Crippen LogP contribution in [0.3, 0.4) is 0 Å². The molecule has 2 aliphatic rings. The van der Waals surface area contributed by atoms with Crippen molar-refractivity contribution in [2.45, 2.75) is 17.4 Å². The van der Waals surface area contributed by atoms with Crippen LogP contribution in [0.2, 0.25) is 0 Å². The zero-order chi connectivity index (χ0) is 12.0. The summed E-state index contributed by atoms with van der Waals surface area (Å²) in [5.74, 6) is 0. The van der Waals surface area contributed by atoms with Crippen LogP contribution in [0.5, 0.6) is 0 Å². The molecule has 3 rings (SSSR count). The quantitative estimate of drug-likeness (QED) is 0.759. The fraction of sp³-hybridized carbons (Fsp3) is 0.333. The Morgan fingerprint density at radius 2 is 2.39 bits per heavy atom. The fourth-order valence-corrected chi connectivity index (χ4v) is 3.58. The molecule has 0 saturated carbocycles. The van der Waals surface area contributed by atoms with E-state index in [0.717, 1.165) is 22.7 Å². The lowest BCUT2D eigenvalue weighted by Gasteiger charge is -2.19. The van der Waals surface area contributed by atoms with Crippen LogP contribution >= 0.6 is 28.7 Å². The van der Waals surface area contributed by atoms with Gasteiger partial charge in [0.2, 0.25) is 0 Å². The maximum absolute atomic E-state index is 10.6. The third kappa shape index (κ3) is 1.74. The average molecular weight is 326 g/mol. The van der Waals surface area contributed by atoms with Crippen molar-refractivity contribution in [3.63, 3.8) is 0 Å². The number of rotatable bonds is 0. The van der Waals surface area contributed by atoms with Gasteiger partial charge in [-0.05, 0) is 24.1 Å². The third-order valence-electron chi connectivity index (χ3n) is 3.22. The van der Waals surface area contributed by atoms with E-state index in [0.29, 0.717) is 5.56 Å². The normalized spacial score (nSPS) is 27.6. The summed E-state index contributed by atoms with van der Waals surface area (Å²) in [6.45, 7) is 0. The summed E-state index contributed by atoms with van der Waals surface area (Å²) in [7, 11) is 1.80. The Balaban J connectivity index is 0.00000120. The first-order valence-electron chi connectivity index (χ1n) is 5.37. The number of benzene rings is 1. The van der Waals surface area contributed by atoms with Gasteiger partial charge >= 0.3 is 0 Å². The number of nitrogens with one attached hydrogen (secondary N) is 1. The largest absolute Gasteiger partial charge is 0.368 e. The van der Waals surface area contributed by atoms with E-state index < -0.39 is 5.72 Å². The molecule has 0 fully saturated rings. The van der Waals surface area contributed by atoms with E-state index in [9.17, 15) is 5.11 Å². The molecule has 0 aromatic heterocycles. The zero-order valence-electron chi connectivity index (χ0n) is 9.67. The highest BCUT2D eigenvalue weighted by Crippen LogP contribution is 2.48. The summed E-state index contributed by atoms with van der Waals surface area (Å²) in [6.07, 6.45) is 0.751. The summed E-state index contributed by atoms with van der Waals surface area (Å²) in [5.41, 5.74) is 1.38. The van der Waals surface area contributed by atoms with Gasteiger partial charge in [0.25, 0.3) is 0 Å². The van der Waals surface area contributed by atoms with Gasteiger partial charge in [-0.25, -0.2) is 4.99 Å². The molecular formula is C12H12BrN3OS. The maximum atomic E-state index is 10.6. The van der Waals surface area contributed by atoms with Gasteiger partial charge in [0.05, 0.1) is 16.9 Å². The minimum absolute atomic E-state index is 0. The van der Waals surface area contributed by atoms with Crippen LogP contribution in [0.25, 0.3) is 0 Å². The van der Waals surface area contributed by atoms with E-state index in [1.807, 2.05) is 12.1 Å². The van der Waals surface area contributed by atoms with E-state index in [-0.39, 0.29) is 22.2 Å². The molecule has 0 bridgehead atoms. The van der Waals surface area contributed by atoms with Crippen LogP contribution in [0.4, 0.5) is 0 Å². The van der Waals surface area contributed by atoms with Crippen molar-refractivity contribution in [2.24, 2.45) is 4.99 Å². The van der Waals surface area contributed by atoms with Crippen LogP contribution in [0.15, 0.2) is 23.2 Å². The lowest BCUT2D eigenvalue weighted by atomic mass is 10.0. The van der Waals surface area contributed by atoms with Gasteiger partial charge in [-0.3, -0.25) is 0 Å². The Bertz CT molecular complexity index is 569. The van der Waals surface area contributed by atoms with Gasteiger partial charge in [0.1, 0.15) is 0 Å². The van der Waals surface area contributed by atoms with E-state index in [1.54, 1.807) is 24.9 Å². The molecule has 0 amide bonds. The number of aliphatic imine (C=N–C) groups is 1. The molecule has 0 spiro atoms. The van der Waals surface area contributed by atoms with Crippen molar-refractivity contribution in [2.75, 3.05) is 7.05 Å². The predicted octanol–water partition coefficient (Wildman–Crippen LogP) is 1.53. The lowest BCUT2D eigenvalue weighted by molar-refractivity contribution is 0.0578. The van der Waals surface area contributed by atoms with Crippen molar-refractivity contribution in [1.29, 1.82) is 5.26 Å². The molecule has 6 heteroatoms. The standard InChI is InChI=1S/C12H11N3OS.BrH/c1-14-11-15-12(16)9-3-2-7(6-13)4-8(9)5-10(12)17-11;/h2-4,10,16H,5H2,1H3,(H,14,15);1H. The van der Waals surface area contributed by atoms with Gasteiger partial charge < -0.3 is 10.4 Å². The maximum Gasteiger partial charge on any atom is 0.198 e. The molecule has 0 saturated heterocycles. The molecule has 0 radical (unpaired) electrons. The predicted molar refractivity (Wildman–Crippen MR) is 77.0 cm³/mol. The number of nitrogens with zero attached hydrogens (tertiary/aromatic N) is 2. The van der Waals surface area contributed by atoms with Gasteiger partial charge in [-0.1, -0.05) is 17.8 Å². The molecule has 2 N–H and O–H groups in total. The van der Waals surface area contributed by atoms with Gasteiger partial charge in [0, 0.05) is 12.6 Å². The smallest absolute Gasteiger partial charge is 0.198 e. The second kappa shape index (κ2) is 4.57. The average Bonchev–Trinajstić information content (AvgIpc) is 2.78. The highest BCUT2D eigenvalue weighted by Gasteiger charge is 2.50. The second-order valence-electron chi connectivity index (χ2n) is 4.19. The lowest BCUT2D eigenvalue weighted by Crippen LogP contribution is -2.27. The molecule has 4 nitrogen and oxygen atoms in total. The Morgan fingerprint density at radius 3 is 3.06 bits per heavy atom. The van der Waals surface area contributed by atoms with Gasteiger partial charge in [-0.2, -0.15) is 5.26 Å². The Morgan fingerprint density at radius 1 is 1.61 bits per heavy atom. The molecule has 1 aromatic rings. The Kier molecular flexibility index (Phi) is 3.41. The molecule has 1 aromatic carbocycles. The summed E-state index contributed by atoms with van der Waals surface area (Å²) < 4.78 is 0. The zero-order valence-corrected chi connectivity index (χ0v) is 12.2. The first-order chi connectivity index (χ1) is 8.17. The number of amidine groups is 1. The van der Waals surface area contributed by atoms with Gasteiger partial charge in [0.15, 0.2) is 10.9 Å². The highest BCUT2D eigenvalue weighted by atomic mass is 79.9. The molecule has 94 valence electrons. The number of fused-ring (bicyclic) bond motifs is 3. The molecule has 2 atom stereocenters. The van der Waals surface area contributed by atoms with Crippen molar-refractivity contribution >= 4 is 33.9 Å². The number of hydrogen-bond acceptors (Lipinski definition) is 5. The highest BCUT2D eigenvalue weighted by molar-refractivity contribution is 8.93. The Hall–Kier alpha value is -1.03. The second-order valence-corrected chi connectivity index (χ2v) is 5.38. The van der Waals surface area contributed by atoms with Crippen LogP contribution in [-0.2, 0) is 12.1 Å². The van der Waals surface area contributed by atoms with E-state index in [1.165, 1.54) is 0 Å². The summed E-state index contributed by atoms with van der Waals surface area (Å²) in [5, 5.41) is 23.2. The number of hydrogen-bond donors (Lipinski definition) is 2. The number of nitriles is 1.